The maximum absolute atomic E-state index is 14.4. The standard InChI is InChI=1S/C22H23F2N5O2/c23-14-4-6-17(24)16(11-14)19-2-1-8-28(19)20-7-9-29-21(27-20)18(12-25-29)26-22(31)13-3-5-15(30)10-13/h4,6-7,9,11-13,15,19,30H,1-3,5,8,10H2,(H,26,31)/t13-,15+,19?/m0/s1. The first kappa shape index (κ1) is 19.9. The molecule has 3 atom stereocenters. The average molecular weight is 427 g/mol. The molecule has 1 amide bonds. The molecule has 2 aromatic heterocycles. The number of anilines is 2. The number of aromatic nitrogens is 3. The van der Waals surface area contributed by atoms with E-state index in [1.54, 1.807) is 23.0 Å². The summed E-state index contributed by atoms with van der Waals surface area (Å²) in [6, 6.07) is 4.99. The second-order valence-corrected chi connectivity index (χ2v) is 8.28. The highest BCUT2D eigenvalue weighted by Gasteiger charge is 2.31. The molecule has 1 aliphatic heterocycles. The minimum atomic E-state index is -0.468. The number of carbonyl (C=O) groups is 1. The summed E-state index contributed by atoms with van der Waals surface area (Å²) in [5.41, 5.74) is 1.29. The summed E-state index contributed by atoms with van der Waals surface area (Å²) in [5, 5.41) is 16.8. The van der Waals surface area contributed by atoms with Crippen LogP contribution in [0, 0.1) is 17.6 Å². The van der Waals surface area contributed by atoms with Crippen LogP contribution in [-0.2, 0) is 4.79 Å². The maximum atomic E-state index is 14.4. The molecule has 1 saturated carbocycles. The first-order valence-electron chi connectivity index (χ1n) is 10.5. The molecule has 5 rings (SSSR count). The molecule has 0 radical (unpaired) electrons. The largest absolute Gasteiger partial charge is 0.393 e. The predicted octanol–water partition coefficient (Wildman–Crippen LogP) is 3.45. The van der Waals surface area contributed by atoms with Gasteiger partial charge in [0.2, 0.25) is 5.91 Å². The quantitative estimate of drug-likeness (QED) is 0.667. The Morgan fingerprint density at radius 3 is 2.87 bits per heavy atom. The zero-order valence-corrected chi connectivity index (χ0v) is 16.8. The molecule has 162 valence electrons. The predicted molar refractivity (Wildman–Crippen MR) is 111 cm³/mol. The summed E-state index contributed by atoms with van der Waals surface area (Å²) in [7, 11) is 0. The Labute approximate surface area is 177 Å². The van der Waals surface area contributed by atoms with Gasteiger partial charge in [-0.05, 0) is 56.4 Å². The Balaban J connectivity index is 1.43. The fourth-order valence-electron chi connectivity index (χ4n) is 4.67. The number of amides is 1. The molecular formula is C22H23F2N5O2. The number of aliphatic hydroxyl groups is 1. The number of nitrogens with zero attached hydrogens (tertiary/aromatic N) is 4. The number of aliphatic hydroxyl groups excluding tert-OH is 1. The second kappa shape index (κ2) is 7.88. The molecule has 1 aliphatic carbocycles. The van der Waals surface area contributed by atoms with Gasteiger partial charge in [-0.3, -0.25) is 4.79 Å². The minimum Gasteiger partial charge on any atom is -0.393 e. The van der Waals surface area contributed by atoms with E-state index in [-0.39, 0.29) is 17.9 Å². The van der Waals surface area contributed by atoms with Crippen molar-refractivity contribution in [1.29, 1.82) is 0 Å². The molecule has 2 N–H and O–H groups in total. The minimum absolute atomic E-state index is 0.153. The van der Waals surface area contributed by atoms with Gasteiger partial charge < -0.3 is 15.3 Å². The lowest BCUT2D eigenvalue weighted by molar-refractivity contribution is -0.119. The van der Waals surface area contributed by atoms with Gasteiger partial charge in [-0.2, -0.15) is 5.10 Å². The number of hydrogen-bond donors (Lipinski definition) is 2. The van der Waals surface area contributed by atoms with Gasteiger partial charge in [0.05, 0.1) is 18.3 Å². The van der Waals surface area contributed by atoms with Crippen LogP contribution in [0.3, 0.4) is 0 Å². The van der Waals surface area contributed by atoms with Crippen molar-refractivity contribution in [3.63, 3.8) is 0 Å². The normalized spacial score (nSPS) is 23.6. The topological polar surface area (TPSA) is 82.8 Å². The maximum Gasteiger partial charge on any atom is 0.227 e. The lowest BCUT2D eigenvalue weighted by atomic mass is 10.0. The van der Waals surface area contributed by atoms with Crippen LogP contribution in [-0.4, -0.2) is 38.3 Å². The molecule has 2 aliphatic rings. The van der Waals surface area contributed by atoms with Crippen LogP contribution in [0.25, 0.3) is 5.65 Å². The molecule has 1 aromatic carbocycles. The molecule has 1 saturated heterocycles. The van der Waals surface area contributed by atoms with Crippen molar-refractivity contribution in [1.82, 2.24) is 14.6 Å². The van der Waals surface area contributed by atoms with Gasteiger partial charge in [-0.25, -0.2) is 18.3 Å². The summed E-state index contributed by atoms with van der Waals surface area (Å²) >= 11 is 0. The zero-order valence-electron chi connectivity index (χ0n) is 16.8. The van der Waals surface area contributed by atoms with E-state index in [1.165, 1.54) is 6.07 Å². The molecule has 3 aromatic rings. The highest BCUT2D eigenvalue weighted by molar-refractivity contribution is 5.95. The van der Waals surface area contributed by atoms with Crippen LogP contribution in [0.2, 0.25) is 0 Å². The van der Waals surface area contributed by atoms with Crippen LogP contribution in [0.4, 0.5) is 20.3 Å². The smallest absolute Gasteiger partial charge is 0.227 e. The van der Waals surface area contributed by atoms with Crippen molar-refractivity contribution in [2.24, 2.45) is 5.92 Å². The molecule has 9 heteroatoms. The lowest BCUT2D eigenvalue weighted by Crippen LogP contribution is -2.25. The molecule has 7 nitrogen and oxygen atoms in total. The second-order valence-electron chi connectivity index (χ2n) is 8.28. The van der Waals surface area contributed by atoms with Gasteiger partial charge in [-0.15, -0.1) is 0 Å². The SMILES string of the molecule is O=C(Nc1cnn2ccc(N3CCCC3c3cc(F)ccc3F)nc12)[C@H]1CC[C@@H](O)C1. The Hall–Kier alpha value is -3.07. The van der Waals surface area contributed by atoms with Crippen molar-refractivity contribution in [2.75, 3.05) is 16.8 Å². The number of carbonyl (C=O) groups excluding carboxylic acids is 1. The number of halogens is 2. The molecule has 3 heterocycles. The fraction of sp³-hybridized carbons (Fsp3) is 0.409. The number of hydrogen-bond acceptors (Lipinski definition) is 5. The highest BCUT2D eigenvalue weighted by atomic mass is 19.1. The van der Waals surface area contributed by atoms with E-state index >= 15 is 0 Å². The van der Waals surface area contributed by atoms with Crippen molar-refractivity contribution < 1.29 is 18.7 Å². The Morgan fingerprint density at radius 2 is 2.06 bits per heavy atom. The van der Waals surface area contributed by atoms with Crippen molar-refractivity contribution in [3.8, 4) is 0 Å². The monoisotopic (exact) mass is 427 g/mol. The first-order chi connectivity index (χ1) is 15.0. The van der Waals surface area contributed by atoms with Crippen LogP contribution < -0.4 is 10.2 Å². The van der Waals surface area contributed by atoms with Gasteiger partial charge in [0.15, 0.2) is 5.65 Å². The van der Waals surface area contributed by atoms with E-state index in [0.717, 1.165) is 18.6 Å². The van der Waals surface area contributed by atoms with Gasteiger partial charge in [0.1, 0.15) is 23.1 Å². The summed E-state index contributed by atoms with van der Waals surface area (Å²) in [4.78, 5) is 19.2. The van der Waals surface area contributed by atoms with Gasteiger partial charge >= 0.3 is 0 Å². The van der Waals surface area contributed by atoms with Gasteiger partial charge in [0, 0.05) is 24.2 Å². The van der Waals surface area contributed by atoms with Gasteiger partial charge in [0.25, 0.3) is 0 Å². The van der Waals surface area contributed by atoms with E-state index in [1.807, 2.05) is 4.90 Å². The molecule has 31 heavy (non-hydrogen) atoms. The number of fused-ring (bicyclic) bond motifs is 1. The molecule has 2 fully saturated rings. The third-order valence-electron chi connectivity index (χ3n) is 6.25. The highest BCUT2D eigenvalue weighted by Crippen LogP contribution is 2.37. The zero-order chi connectivity index (χ0) is 21.5. The summed E-state index contributed by atoms with van der Waals surface area (Å²) < 4.78 is 29.7. The van der Waals surface area contributed by atoms with E-state index < -0.39 is 17.7 Å². The summed E-state index contributed by atoms with van der Waals surface area (Å²) in [6.07, 6.45) is 6.12. The Morgan fingerprint density at radius 1 is 1.19 bits per heavy atom. The van der Waals surface area contributed by atoms with Crippen LogP contribution in [0.5, 0.6) is 0 Å². The number of rotatable bonds is 4. The van der Waals surface area contributed by atoms with Crippen molar-refractivity contribution >= 4 is 23.1 Å². The molecular weight excluding hydrogens is 404 g/mol. The van der Waals surface area contributed by atoms with E-state index in [4.69, 9.17) is 0 Å². The van der Waals surface area contributed by atoms with Gasteiger partial charge in [-0.1, -0.05) is 0 Å². The van der Waals surface area contributed by atoms with Crippen molar-refractivity contribution in [2.45, 2.75) is 44.2 Å². The van der Waals surface area contributed by atoms with E-state index in [2.05, 4.69) is 15.4 Å². The van der Waals surface area contributed by atoms with Crippen LogP contribution in [0.1, 0.15) is 43.7 Å². The van der Waals surface area contributed by atoms with Crippen LogP contribution in [0.15, 0.2) is 36.7 Å². The van der Waals surface area contributed by atoms with E-state index in [0.29, 0.717) is 54.9 Å². The Kier molecular flexibility index (Phi) is 5.05. The van der Waals surface area contributed by atoms with Crippen molar-refractivity contribution in [3.05, 3.63) is 53.9 Å². The Bertz CT molecular complexity index is 1130. The molecule has 1 unspecified atom stereocenters. The number of benzene rings is 1. The number of nitrogens with one attached hydrogen (secondary N) is 1. The van der Waals surface area contributed by atoms with Crippen LogP contribution >= 0.6 is 0 Å². The van der Waals surface area contributed by atoms with E-state index in [9.17, 15) is 18.7 Å². The molecule has 0 bridgehead atoms. The summed E-state index contributed by atoms with van der Waals surface area (Å²) in [5.74, 6) is -0.669. The first-order valence-corrected chi connectivity index (χ1v) is 10.5. The third kappa shape index (κ3) is 3.74. The lowest BCUT2D eigenvalue weighted by Gasteiger charge is -2.26. The molecule has 0 spiro atoms. The third-order valence-corrected chi connectivity index (χ3v) is 6.25. The summed E-state index contributed by atoms with van der Waals surface area (Å²) in [6.45, 7) is 0.666. The average Bonchev–Trinajstić information content (AvgIpc) is 3.49. The fourth-order valence-corrected chi connectivity index (χ4v) is 4.67.